The van der Waals surface area contributed by atoms with E-state index in [4.69, 9.17) is 5.11 Å². The first-order valence-corrected chi connectivity index (χ1v) is 6.45. The Balaban J connectivity index is 2.42. The van der Waals surface area contributed by atoms with E-state index in [1.54, 1.807) is 6.92 Å². The van der Waals surface area contributed by atoms with Crippen LogP contribution in [0, 0.1) is 5.92 Å². The molecule has 112 valence electrons. The first kappa shape index (κ1) is 15.9. The van der Waals surface area contributed by atoms with Gasteiger partial charge in [-0.3, -0.25) is 19.7 Å². The molecule has 3 N–H and O–H groups in total. The lowest BCUT2D eigenvalue weighted by Crippen LogP contribution is -2.45. The molecule has 0 aromatic rings. The largest absolute Gasteiger partial charge is 0.481 e. The number of nitrogens with one attached hydrogen (secondary N) is 2. The second-order valence-electron chi connectivity index (χ2n) is 4.89. The Kier molecular flexibility index (Phi) is 5.95. The second kappa shape index (κ2) is 7.46. The summed E-state index contributed by atoms with van der Waals surface area (Å²) in [4.78, 5) is 46.5. The van der Waals surface area contributed by atoms with Crippen molar-refractivity contribution < 1.29 is 24.3 Å². The number of hydrogen-bond donors (Lipinski definition) is 3. The normalized spacial score (nSPS) is 16.9. The molecule has 0 saturated carbocycles. The van der Waals surface area contributed by atoms with Crippen LogP contribution in [-0.4, -0.2) is 53.5 Å². The third kappa shape index (κ3) is 5.68. The molecule has 1 atom stereocenters. The highest BCUT2D eigenvalue weighted by Crippen LogP contribution is 2.07. The summed E-state index contributed by atoms with van der Waals surface area (Å²) in [5.74, 6) is -2.13. The molecule has 0 spiro atoms. The van der Waals surface area contributed by atoms with Crippen LogP contribution in [0.4, 0.5) is 4.79 Å². The zero-order valence-corrected chi connectivity index (χ0v) is 11.3. The highest BCUT2D eigenvalue weighted by atomic mass is 16.4. The summed E-state index contributed by atoms with van der Waals surface area (Å²) < 4.78 is 0. The number of amides is 4. The predicted octanol–water partition coefficient (Wildman–Crippen LogP) is -0.455. The predicted molar refractivity (Wildman–Crippen MR) is 68.8 cm³/mol. The summed E-state index contributed by atoms with van der Waals surface area (Å²) in [5, 5.41) is 13.4. The minimum atomic E-state index is -0.985. The highest BCUT2D eigenvalue weighted by molar-refractivity contribution is 5.96. The molecule has 1 aliphatic heterocycles. The number of carbonyl (C=O) groups excluding carboxylic acids is 3. The van der Waals surface area contributed by atoms with E-state index < -0.39 is 17.9 Å². The van der Waals surface area contributed by atoms with Crippen LogP contribution in [0.3, 0.4) is 0 Å². The molecule has 1 rings (SSSR count). The first-order valence-electron chi connectivity index (χ1n) is 6.45. The fourth-order valence-corrected chi connectivity index (χ4v) is 1.92. The summed E-state index contributed by atoms with van der Waals surface area (Å²) >= 11 is 0. The molecular formula is C12H19N3O5. The highest BCUT2D eigenvalue weighted by Gasteiger charge is 2.22. The van der Waals surface area contributed by atoms with E-state index in [1.165, 1.54) is 4.90 Å². The Hall–Kier alpha value is -2.12. The smallest absolute Gasteiger partial charge is 0.324 e. The lowest BCUT2D eigenvalue weighted by molar-refractivity contribution is -0.138. The Morgan fingerprint density at radius 1 is 1.40 bits per heavy atom. The Morgan fingerprint density at radius 2 is 2.10 bits per heavy atom. The maximum Gasteiger partial charge on any atom is 0.324 e. The van der Waals surface area contributed by atoms with Crippen LogP contribution in [0.15, 0.2) is 0 Å². The minimum absolute atomic E-state index is 0.0436. The van der Waals surface area contributed by atoms with Gasteiger partial charge in [0.25, 0.3) is 0 Å². The van der Waals surface area contributed by atoms with Crippen molar-refractivity contribution in [1.82, 2.24) is 15.5 Å². The molecule has 1 unspecified atom stereocenters. The van der Waals surface area contributed by atoms with E-state index in [2.05, 4.69) is 10.6 Å². The van der Waals surface area contributed by atoms with E-state index in [0.29, 0.717) is 19.5 Å². The third-order valence-electron chi connectivity index (χ3n) is 2.85. The minimum Gasteiger partial charge on any atom is -0.481 e. The molecule has 4 amide bonds. The van der Waals surface area contributed by atoms with Crippen LogP contribution in [0.1, 0.15) is 26.2 Å². The Bertz CT molecular complexity index is 410. The van der Waals surface area contributed by atoms with E-state index >= 15 is 0 Å². The fourth-order valence-electron chi connectivity index (χ4n) is 1.92. The maximum atomic E-state index is 11.8. The van der Waals surface area contributed by atoms with E-state index in [0.717, 1.165) is 0 Å². The fraction of sp³-hybridized carbons (Fsp3) is 0.667. The number of carboxylic acids is 1. The number of carbonyl (C=O) groups is 4. The zero-order valence-electron chi connectivity index (χ0n) is 11.3. The Labute approximate surface area is 116 Å². The number of aliphatic carboxylic acids is 1. The molecule has 1 fully saturated rings. The van der Waals surface area contributed by atoms with Crippen molar-refractivity contribution in [3.05, 3.63) is 0 Å². The van der Waals surface area contributed by atoms with E-state index in [9.17, 15) is 19.2 Å². The van der Waals surface area contributed by atoms with Crippen LogP contribution < -0.4 is 10.6 Å². The molecule has 1 aliphatic rings. The molecule has 0 radical (unpaired) electrons. The van der Waals surface area contributed by atoms with Gasteiger partial charge in [-0.1, -0.05) is 6.92 Å². The van der Waals surface area contributed by atoms with Crippen molar-refractivity contribution in [2.24, 2.45) is 5.92 Å². The molecular weight excluding hydrogens is 266 g/mol. The van der Waals surface area contributed by atoms with Crippen LogP contribution in [0.25, 0.3) is 0 Å². The van der Waals surface area contributed by atoms with Gasteiger partial charge in [0.05, 0.1) is 0 Å². The lowest BCUT2D eigenvalue weighted by Gasteiger charge is -2.19. The van der Waals surface area contributed by atoms with Crippen molar-refractivity contribution in [2.45, 2.75) is 26.2 Å². The second-order valence-corrected chi connectivity index (χ2v) is 4.89. The summed E-state index contributed by atoms with van der Waals surface area (Å²) in [6.07, 6.45) is 0.453. The van der Waals surface area contributed by atoms with Gasteiger partial charge in [-0.05, 0) is 12.3 Å². The molecule has 0 bridgehead atoms. The molecule has 0 aromatic heterocycles. The van der Waals surface area contributed by atoms with Gasteiger partial charge in [-0.25, -0.2) is 4.79 Å². The number of imide groups is 1. The van der Waals surface area contributed by atoms with Gasteiger partial charge >= 0.3 is 12.0 Å². The maximum absolute atomic E-state index is 11.8. The van der Waals surface area contributed by atoms with Gasteiger partial charge < -0.3 is 15.3 Å². The number of nitrogens with zero attached hydrogens (tertiary/aromatic N) is 1. The SMILES string of the molecule is CC(CC(=O)O)CC(=O)NC(=O)N1CCCNC(=O)C1. The molecule has 20 heavy (non-hydrogen) atoms. The van der Waals surface area contributed by atoms with Crippen LogP contribution in [0.2, 0.25) is 0 Å². The monoisotopic (exact) mass is 285 g/mol. The summed E-state index contributed by atoms with van der Waals surface area (Å²) in [6.45, 7) is 2.44. The van der Waals surface area contributed by atoms with E-state index in [1.807, 2.05) is 0 Å². The molecule has 0 aromatic carbocycles. The van der Waals surface area contributed by atoms with Crippen molar-refractivity contribution in [2.75, 3.05) is 19.6 Å². The number of urea groups is 1. The van der Waals surface area contributed by atoms with Crippen molar-refractivity contribution >= 4 is 23.8 Å². The number of carboxylic acid groups (broad SMARTS) is 1. The quantitative estimate of drug-likeness (QED) is 0.646. The first-order chi connectivity index (χ1) is 9.38. The van der Waals surface area contributed by atoms with Crippen molar-refractivity contribution in [3.63, 3.8) is 0 Å². The summed E-state index contributed by atoms with van der Waals surface area (Å²) in [5.41, 5.74) is 0. The number of hydrogen-bond acceptors (Lipinski definition) is 4. The van der Waals surface area contributed by atoms with Crippen LogP contribution >= 0.6 is 0 Å². The van der Waals surface area contributed by atoms with Crippen LogP contribution in [0.5, 0.6) is 0 Å². The van der Waals surface area contributed by atoms with Gasteiger partial charge in [0.15, 0.2) is 0 Å². The van der Waals surface area contributed by atoms with E-state index in [-0.39, 0.29) is 31.2 Å². The standard InChI is InChI=1S/C12H19N3O5/c1-8(6-11(18)19)5-9(16)14-12(20)15-4-2-3-13-10(17)7-15/h8H,2-7H2,1H3,(H,13,17)(H,18,19)(H,14,16,20). The molecule has 0 aliphatic carbocycles. The summed E-state index contributed by atoms with van der Waals surface area (Å²) in [6, 6.07) is -0.616. The van der Waals surface area contributed by atoms with Gasteiger partial charge in [0.1, 0.15) is 6.54 Å². The molecule has 8 heteroatoms. The number of rotatable bonds is 4. The average molecular weight is 285 g/mol. The third-order valence-corrected chi connectivity index (χ3v) is 2.85. The zero-order chi connectivity index (χ0) is 15.1. The van der Waals surface area contributed by atoms with Crippen LogP contribution in [-0.2, 0) is 14.4 Å². The van der Waals surface area contributed by atoms with Crippen molar-refractivity contribution in [1.29, 1.82) is 0 Å². The molecule has 8 nitrogen and oxygen atoms in total. The lowest BCUT2D eigenvalue weighted by atomic mass is 10.0. The van der Waals surface area contributed by atoms with Gasteiger partial charge in [-0.15, -0.1) is 0 Å². The van der Waals surface area contributed by atoms with Gasteiger partial charge in [-0.2, -0.15) is 0 Å². The Morgan fingerprint density at radius 3 is 2.75 bits per heavy atom. The molecule has 1 saturated heterocycles. The topological polar surface area (TPSA) is 116 Å². The average Bonchev–Trinajstić information content (AvgIpc) is 2.52. The molecule has 1 heterocycles. The van der Waals surface area contributed by atoms with Gasteiger partial charge in [0.2, 0.25) is 11.8 Å². The summed E-state index contributed by atoms with van der Waals surface area (Å²) in [7, 11) is 0. The van der Waals surface area contributed by atoms with Gasteiger partial charge in [0, 0.05) is 25.9 Å². The van der Waals surface area contributed by atoms with Crippen molar-refractivity contribution in [3.8, 4) is 0 Å².